The van der Waals surface area contributed by atoms with Gasteiger partial charge < -0.3 is 29.7 Å². The van der Waals surface area contributed by atoms with Crippen LogP contribution in [0, 0.1) is 5.41 Å². The van der Waals surface area contributed by atoms with Crippen molar-refractivity contribution in [3.05, 3.63) is 118 Å². The number of ether oxygens (including phenoxy) is 1. The van der Waals surface area contributed by atoms with E-state index in [9.17, 15) is 19.2 Å². The number of methoxy groups -OCH3 is 1. The van der Waals surface area contributed by atoms with Crippen molar-refractivity contribution in [1.82, 2.24) is 49.8 Å². The molecule has 0 unspecified atom stereocenters. The Balaban J connectivity index is 0. The van der Waals surface area contributed by atoms with Crippen molar-refractivity contribution < 1.29 is 23.6 Å². The van der Waals surface area contributed by atoms with Crippen LogP contribution in [0.15, 0.2) is 73.1 Å². The number of H-pyrrole nitrogens is 2. The summed E-state index contributed by atoms with van der Waals surface area (Å²) in [6.45, 7) is 19.9. The second-order valence-corrected chi connectivity index (χ2v) is 19.3. The zero-order valence-electron chi connectivity index (χ0n) is 45.5. The topological polar surface area (TPSA) is 281 Å². The fourth-order valence-corrected chi connectivity index (χ4v) is 7.09. The molecule has 0 bridgehead atoms. The molecule has 6 heterocycles. The quantitative estimate of drug-likeness (QED) is 0.0348. The van der Waals surface area contributed by atoms with Crippen LogP contribution in [0.4, 0.5) is 0 Å². The summed E-state index contributed by atoms with van der Waals surface area (Å²) in [6.07, 6.45) is 13.8. The molecule has 0 aliphatic carbocycles. The molecule has 1 saturated heterocycles. The van der Waals surface area contributed by atoms with E-state index in [0.717, 1.165) is 81.3 Å². The SMILES string of the molecule is CCC(=O)CC(=O)OC.CCc1cc(=O)[nH]cn1.CCc1nc[nH]c(=O)c1Br.CCc1ncnc(Cl)c1Br.CCc1ncncc1B1OC(C)(C)C(C)(C)O1.CCc1ncncc1Br.N=CN.[B]B([B])B(B([B])[B])B([B])[B]. The summed E-state index contributed by atoms with van der Waals surface area (Å²) < 4.78 is 18.6. The molecule has 6 rings (SSSR count). The molecule has 77 heavy (non-hydrogen) atoms. The molecule has 5 aromatic rings. The molecule has 1 aliphatic heterocycles. The Hall–Kier alpha value is -4.03. The molecule has 19 nitrogen and oxygen atoms in total. The number of aromatic nitrogens is 10. The third-order valence-electron chi connectivity index (χ3n) is 10.5. The number of carbonyl (C=O) groups excluding carboxylic acids is 2. The normalized spacial score (nSPS) is 11.9. The maximum absolute atomic E-state index is 10.9. The highest BCUT2D eigenvalue weighted by atomic mass is 79.9. The second kappa shape index (κ2) is 41.1. The molecule has 0 amide bonds. The minimum Gasteiger partial charge on any atom is -0.469 e. The largest absolute Gasteiger partial charge is 0.498 e. The van der Waals surface area contributed by atoms with E-state index in [1.165, 1.54) is 32.2 Å². The molecular weight excluding hydrogens is 1190 g/mol. The Morgan fingerprint density at radius 1 is 0.727 bits per heavy atom. The van der Waals surface area contributed by atoms with Crippen LogP contribution in [0.1, 0.15) is 111 Å². The number of aromatic amines is 2. The Morgan fingerprint density at radius 2 is 1.19 bits per heavy atom. The maximum Gasteiger partial charge on any atom is 0.498 e. The van der Waals surface area contributed by atoms with Gasteiger partial charge in [-0.2, -0.15) is 0 Å². The first kappa shape index (κ1) is 75.0. The highest BCUT2D eigenvalue weighted by molar-refractivity contribution is 9.11. The van der Waals surface area contributed by atoms with Crippen molar-refractivity contribution in [2.75, 3.05) is 7.11 Å². The Morgan fingerprint density at radius 3 is 1.57 bits per heavy atom. The van der Waals surface area contributed by atoms with E-state index in [2.05, 4.69) is 122 Å². The number of rotatable bonds is 12. The molecule has 1 aliphatic rings. The Bertz CT molecular complexity index is 2570. The Labute approximate surface area is 493 Å². The first-order chi connectivity index (χ1) is 36.1. The van der Waals surface area contributed by atoms with Crippen LogP contribution in [-0.4, -0.2) is 165 Å². The summed E-state index contributed by atoms with van der Waals surface area (Å²) in [5.41, 5.74) is 9.10. The van der Waals surface area contributed by atoms with Crippen molar-refractivity contribution in [3.63, 3.8) is 0 Å². The van der Waals surface area contributed by atoms with E-state index in [-0.39, 0.29) is 41.6 Å². The lowest BCUT2D eigenvalue weighted by Crippen LogP contribution is -2.62. The molecule has 12 radical (unpaired) electrons. The minimum absolute atomic E-state index is 0.0816. The van der Waals surface area contributed by atoms with Gasteiger partial charge in [-0.05, 0) is 108 Å². The van der Waals surface area contributed by atoms with Gasteiger partial charge in [-0.3, -0.25) is 24.6 Å². The maximum atomic E-state index is 10.9. The van der Waals surface area contributed by atoms with Gasteiger partial charge in [0.1, 0.15) is 40.8 Å². The number of hydrogen-bond acceptors (Lipinski definition) is 16. The Kier molecular flexibility index (Phi) is 40.0. The number of Topliss-reactive ketones (excluding diaryl/α,β-unsaturated/α-hetero) is 1. The number of ketones is 1. The highest BCUT2D eigenvalue weighted by Gasteiger charge is 2.52. The highest BCUT2D eigenvalue weighted by Crippen LogP contribution is 2.36. The second-order valence-electron chi connectivity index (χ2n) is 16.5. The van der Waals surface area contributed by atoms with Crippen molar-refractivity contribution in [3.8, 4) is 0 Å². The molecule has 34 heteroatoms. The van der Waals surface area contributed by atoms with Crippen molar-refractivity contribution in [2.45, 2.75) is 125 Å². The van der Waals surface area contributed by atoms with Gasteiger partial charge in [0.2, 0.25) is 0 Å². The first-order valence-corrected chi connectivity index (χ1v) is 26.7. The molecule has 0 atom stereocenters. The van der Waals surface area contributed by atoms with Gasteiger partial charge >= 0.3 is 13.1 Å². The number of carbonyl (C=O) groups is 2. The van der Waals surface area contributed by atoms with E-state index < -0.39 is 31.5 Å². The minimum atomic E-state index is -0.667. The number of esters is 1. The summed E-state index contributed by atoms with van der Waals surface area (Å²) in [4.78, 5) is 79.0. The standard InChI is InChI=1S/C12H19BN2O2.C6H6BrClN2.C6H7BrN2O.C6H7BrN2.C6H8N2O.C6H10O3.CH4N2.B10/c1-6-10-9(7-14-8-15-10)13-16-11(2,3)12(4,5)17-13;1-2-4-5(7)6(8)10-3-9-4;1-2-4-5(7)6(10)9-3-8-4;1-2-6-5(7)3-8-4-9-6;1-2-5-3-6(9)8-4-7-5;1-3-5(7)4-6(8)9-2;2-1-3;1-7(2)10(8(3)4)9(5)6/h7-8H,6H2,1-5H3;3H,2H2,1H3;3H,2H2,1H3,(H,8,9,10);3-4H,2H2,1H3;3-4H,2H2,1H3,(H,7,8,9);3-4H2,1-2H3;1H,(H3,2,3);. The van der Waals surface area contributed by atoms with E-state index in [1.807, 2.05) is 48.5 Å². The number of nitrogens with one attached hydrogen (secondary N) is 3. The zero-order chi connectivity index (χ0) is 59.5. The van der Waals surface area contributed by atoms with Crippen LogP contribution < -0.4 is 22.3 Å². The van der Waals surface area contributed by atoms with Gasteiger partial charge in [-0.25, -0.2) is 39.9 Å². The molecule has 5 aromatic heterocycles. The summed E-state index contributed by atoms with van der Waals surface area (Å²) in [6, 6.07) is 1.50. The summed E-state index contributed by atoms with van der Waals surface area (Å²) in [5, 5.41) is 6.34. The number of hydrogen-bond donors (Lipinski definition) is 4. The molecule has 5 N–H and O–H groups in total. The molecule has 0 aromatic carbocycles. The smallest absolute Gasteiger partial charge is 0.469 e. The van der Waals surface area contributed by atoms with Gasteiger partial charge in [0.15, 0.2) is 0 Å². The third kappa shape index (κ3) is 29.7. The molecule has 1 fully saturated rings. The summed E-state index contributed by atoms with van der Waals surface area (Å²) >= 11 is 15.4. The average molecular weight is 1250 g/mol. The molecule has 0 spiro atoms. The van der Waals surface area contributed by atoms with Gasteiger partial charge in [0.05, 0.1) is 63.3 Å². The number of nitrogens with two attached hydrogens (primary N) is 1. The molecule has 396 valence electrons. The van der Waals surface area contributed by atoms with Crippen LogP contribution in [0.3, 0.4) is 0 Å². The fourth-order valence-electron chi connectivity index (χ4n) is 5.45. The number of aryl methyl sites for hydroxylation is 5. The number of nitrogens with zero attached hydrogens (tertiary/aromatic N) is 8. The van der Waals surface area contributed by atoms with Crippen LogP contribution in [0.5, 0.6) is 0 Å². The zero-order valence-corrected chi connectivity index (χ0v) is 51.0. The third-order valence-corrected chi connectivity index (χ3v) is 13.3. The van der Waals surface area contributed by atoms with Gasteiger partial charge in [-0.1, -0.05) is 53.1 Å². The molecular formula is C43H61B11Br3ClN12O7. The average Bonchev–Trinajstić information content (AvgIpc) is 3.61. The van der Waals surface area contributed by atoms with Crippen LogP contribution in [0.2, 0.25) is 5.15 Å². The monoisotopic (exact) mass is 1250 g/mol. The van der Waals surface area contributed by atoms with Crippen LogP contribution in [0.25, 0.3) is 0 Å². The van der Waals surface area contributed by atoms with E-state index >= 15 is 0 Å². The van der Waals surface area contributed by atoms with Crippen LogP contribution >= 0.6 is 59.4 Å². The van der Waals surface area contributed by atoms with Crippen molar-refractivity contribution in [2.24, 2.45) is 5.73 Å². The van der Waals surface area contributed by atoms with Gasteiger partial charge in [0.25, 0.3) is 11.1 Å². The predicted octanol–water partition coefficient (Wildman–Crippen LogP) is 3.29. The lowest BCUT2D eigenvalue weighted by molar-refractivity contribution is -0.143. The fraction of sp³-hybridized carbons (Fsp3) is 0.465. The van der Waals surface area contributed by atoms with E-state index in [0.29, 0.717) is 16.0 Å². The van der Waals surface area contributed by atoms with Crippen molar-refractivity contribution in [1.29, 1.82) is 5.41 Å². The van der Waals surface area contributed by atoms with Crippen LogP contribution in [-0.2, 0) is 55.7 Å². The number of halogens is 4. The van der Waals surface area contributed by atoms with Crippen molar-refractivity contribution >= 4 is 162 Å². The lowest BCUT2D eigenvalue weighted by atomic mass is 8.58. The van der Waals surface area contributed by atoms with E-state index in [1.54, 1.807) is 32.0 Å². The van der Waals surface area contributed by atoms with E-state index in [4.69, 9.17) is 72.7 Å². The predicted molar refractivity (Wildman–Crippen MR) is 329 cm³/mol. The summed E-state index contributed by atoms with van der Waals surface area (Å²) in [7, 11) is 32.7. The molecule has 0 saturated carbocycles. The summed E-state index contributed by atoms with van der Waals surface area (Å²) in [5.74, 6) is -0.538. The van der Waals surface area contributed by atoms with Gasteiger partial charge in [-0.15, -0.1) is 0 Å². The lowest BCUT2D eigenvalue weighted by Gasteiger charge is -2.32. The van der Waals surface area contributed by atoms with Gasteiger partial charge in [0, 0.05) is 114 Å². The first-order valence-electron chi connectivity index (χ1n) is 24.0.